The highest BCUT2D eigenvalue weighted by Gasteiger charge is 2.20. The summed E-state index contributed by atoms with van der Waals surface area (Å²) in [4.78, 5) is 14.5. The number of hydrogen-bond acceptors (Lipinski definition) is 3. The molecule has 1 N–H and O–H groups in total. The number of nitrogens with zero attached hydrogens (tertiary/aromatic N) is 1. The summed E-state index contributed by atoms with van der Waals surface area (Å²) in [5.74, 6) is 0.575. The van der Waals surface area contributed by atoms with Gasteiger partial charge in [-0.1, -0.05) is 37.6 Å². The number of nitrogens with one attached hydrogen (secondary N) is 1. The van der Waals surface area contributed by atoms with Crippen LogP contribution in [0.5, 0.6) is 0 Å². The van der Waals surface area contributed by atoms with Crippen molar-refractivity contribution in [2.45, 2.75) is 39.5 Å². The molecule has 0 spiro atoms. The van der Waals surface area contributed by atoms with Gasteiger partial charge in [-0.2, -0.15) is 5.10 Å². The van der Waals surface area contributed by atoms with E-state index in [1.165, 1.54) is 16.9 Å². The Balaban J connectivity index is 1.74. The van der Waals surface area contributed by atoms with Crippen LogP contribution in [0.25, 0.3) is 0 Å². The van der Waals surface area contributed by atoms with Gasteiger partial charge in [-0.25, -0.2) is 5.43 Å². The van der Waals surface area contributed by atoms with Gasteiger partial charge in [0, 0.05) is 9.90 Å². The van der Waals surface area contributed by atoms with Gasteiger partial charge in [-0.05, 0) is 60.9 Å². The third-order valence-electron chi connectivity index (χ3n) is 4.34. The molecular weight excluding hydrogens is 340 g/mol. The molecule has 0 fully saturated rings. The van der Waals surface area contributed by atoms with Gasteiger partial charge in [0.1, 0.15) is 0 Å². The molecule has 1 aromatic heterocycles. The second-order valence-electron chi connectivity index (χ2n) is 6.27. The Morgan fingerprint density at radius 3 is 3.00 bits per heavy atom. The van der Waals surface area contributed by atoms with E-state index < -0.39 is 0 Å². The minimum Gasteiger partial charge on any atom is -0.266 e. The molecule has 0 aliphatic heterocycles. The minimum absolute atomic E-state index is 0.130. The summed E-state index contributed by atoms with van der Waals surface area (Å²) in [5, 5.41) is 4.98. The molecule has 24 heavy (non-hydrogen) atoms. The molecule has 3 nitrogen and oxygen atoms in total. The fourth-order valence-corrected chi connectivity index (χ4v) is 4.30. The van der Waals surface area contributed by atoms with Crippen molar-refractivity contribution in [3.05, 3.63) is 56.2 Å². The molecule has 126 valence electrons. The van der Waals surface area contributed by atoms with Gasteiger partial charge < -0.3 is 0 Å². The molecule has 1 amide bonds. The average molecular weight is 361 g/mol. The number of thiophene rings is 1. The van der Waals surface area contributed by atoms with Crippen LogP contribution in [-0.2, 0) is 12.8 Å². The monoisotopic (exact) mass is 360 g/mol. The van der Waals surface area contributed by atoms with Crippen molar-refractivity contribution in [1.29, 1.82) is 0 Å². The van der Waals surface area contributed by atoms with Gasteiger partial charge in [0.25, 0.3) is 5.91 Å². The van der Waals surface area contributed by atoms with Gasteiger partial charge in [-0.3, -0.25) is 4.79 Å². The van der Waals surface area contributed by atoms with Crippen LogP contribution in [0.2, 0.25) is 5.02 Å². The zero-order valence-electron chi connectivity index (χ0n) is 13.9. The fourth-order valence-electron chi connectivity index (χ4n) is 3.01. The van der Waals surface area contributed by atoms with Crippen molar-refractivity contribution in [2.75, 3.05) is 0 Å². The number of aryl methyl sites for hydroxylation is 1. The summed E-state index contributed by atoms with van der Waals surface area (Å²) in [7, 11) is 0. The number of carbonyl (C=O) groups excluding carboxylic acids is 1. The van der Waals surface area contributed by atoms with Crippen LogP contribution in [0, 0.1) is 5.92 Å². The highest BCUT2D eigenvalue weighted by atomic mass is 35.5. The minimum atomic E-state index is -0.130. The summed E-state index contributed by atoms with van der Waals surface area (Å²) in [5.41, 5.74) is 5.79. The number of halogens is 1. The van der Waals surface area contributed by atoms with Crippen LogP contribution in [0.3, 0.4) is 0 Å². The maximum atomic E-state index is 12.4. The topological polar surface area (TPSA) is 41.5 Å². The first-order valence-corrected chi connectivity index (χ1v) is 9.50. The summed E-state index contributed by atoms with van der Waals surface area (Å²) < 4.78 is 0. The quantitative estimate of drug-likeness (QED) is 0.600. The van der Waals surface area contributed by atoms with Crippen molar-refractivity contribution in [2.24, 2.45) is 11.0 Å². The molecule has 1 heterocycles. The summed E-state index contributed by atoms with van der Waals surface area (Å²) >= 11 is 7.63. The van der Waals surface area contributed by atoms with Crippen LogP contribution in [0.4, 0.5) is 0 Å². The molecule has 5 heteroatoms. The van der Waals surface area contributed by atoms with Gasteiger partial charge in [0.2, 0.25) is 0 Å². The lowest BCUT2D eigenvalue weighted by Gasteiger charge is -2.16. The van der Waals surface area contributed by atoms with Crippen LogP contribution in [-0.4, -0.2) is 11.6 Å². The maximum Gasteiger partial charge on any atom is 0.281 e. The Labute approximate surface area is 151 Å². The second-order valence-corrected chi connectivity index (χ2v) is 7.84. The van der Waals surface area contributed by atoms with Crippen molar-refractivity contribution >= 4 is 34.6 Å². The number of amides is 1. The van der Waals surface area contributed by atoms with Crippen LogP contribution >= 0.6 is 22.9 Å². The van der Waals surface area contributed by atoms with Gasteiger partial charge in [-0.15, -0.1) is 11.3 Å². The van der Waals surface area contributed by atoms with Crippen LogP contribution in [0.1, 0.15) is 52.4 Å². The van der Waals surface area contributed by atoms with Crippen LogP contribution in [0.15, 0.2) is 35.4 Å². The predicted octanol–water partition coefficient (Wildman–Crippen LogP) is 5.07. The normalized spacial score (nSPS) is 17.5. The van der Waals surface area contributed by atoms with E-state index in [2.05, 4.69) is 17.5 Å². The molecule has 0 saturated heterocycles. The summed E-state index contributed by atoms with van der Waals surface area (Å²) in [6.07, 6.45) is 4.09. The molecule has 0 unspecified atom stereocenters. The number of carbonyl (C=O) groups is 1. The van der Waals surface area contributed by atoms with Crippen molar-refractivity contribution in [1.82, 2.24) is 5.43 Å². The van der Waals surface area contributed by atoms with Gasteiger partial charge in [0.05, 0.1) is 10.6 Å². The van der Waals surface area contributed by atoms with Gasteiger partial charge >= 0.3 is 0 Å². The van der Waals surface area contributed by atoms with E-state index in [4.69, 9.17) is 11.6 Å². The standard InChI is InChI=1S/C19H21ClN2OS/c1-3-16(13-5-4-6-15(20)10-13)21-22-19(23)18-11-14-9-12(2)7-8-17(14)24-18/h4-6,10-12H,3,7-9H2,1-2H3,(H,22,23)/b21-16-/t12-/m0/s1. The molecule has 3 rings (SSSR count). The molecule has 0 radical (unpaired) electrons. The molecule has 0 bridgehead atoms. The van der Waals surface area contributed by atoms with Crippen molar-refractivity contribution < 1.29 is 4.79 Å². The first-order valence-electron chi connectivity index (χ1n) is 8.31. The van der Waals surface area contributed by atoms with Crippen molar-refractivity contribution in [3.8, 4) is 0 Å². The third kappa shape index (κ3) is 3.87. The van der Waals surface area contributed by atoms with E-state index in [-0.39, 0.29) is 5.91 Å². The van der Waals surface area contributed by atoms with E-state index in [1.54, 1.807) is 11.3 Å². The number of benzene rings is 1. The maximum absolute atomic E-state index is 12.4. The van der Waals surface area contributed by atoms with E-state index >= 15 is 0 Å². The first kappa shape index (κ1) is 17.2. The van der Waals surface area contributed by atoms with E-state index in [0.29, 0.717) is 10.9 Å². The molecule has 1 aliphatic rings. The van der Waals surface area contributed by atoms with Crippen LogP contribution < -0.4 is 5.43 Å². The second kappa shape index (κ2) is 7.49. The molecular formula is C19H21ClN2OS. The zero-order valence-corrected chi connectivity index (χ0v) is 15.5. The molecule has 1 aliphatic carbocycles. The summed E-state index contributed by atoms with van der Waals surface area (Å²) in [6.45, 7) is 4.28. The fraction of sp³-hybridized carbons (Fsp3) is 0.368. The number of fused-ring (bicyclic) bond motifs is 1. The van der Waals surface area contributed by atoms with E-state index in [1.807, 2.05) is 37.3 Å². The molecule has 1 atom stereocenters. The summed E-state index contributed by atoms with van der Waals surface area (Å²) in [6, 6.07) is 9.56. The predicted molar refractivity (Wildman–Crippen MR) is 101 cm³/mol. The van der Waals surface area contributed by atoms with E-state index in [0.717, 1.165) is 35.4 Å². The number of hydrazone groups is 1. The average Bonchev–Trinajstić information content (AvgIpc) is 2.98. The van der Waals surface area contributed by atoms with Gasteiger partial charge in [0.15, 0.2) is 0 Å². The van der Waals surface area contributed by atoms with E-state index in [9.17, 15) is 4.79 Å². The number of hydrogen-bond donors (Lipinski definition) is 1. The lowest BCUT2D eigenvalue weighted by atomic mass is 9.90. The SMILES string of the molecule is CC/C(=N/NC(=O)c1cc2c(s1)CC[C@H](C)C2)c1cccc(Cl)c1. The third-order valence-corrected chi connectivity index (χ3v) is 5.81. The molecule has 1 aromatic carbocycles. The number of rotatable bonds is 4. The zero-order chi connectivity index (χ0) is 17.1. The Kier molecular flexibility index (Phi) is 5.36. The Morgan fingerprint density at radius 2 is 2.25 bits per heavy atom. The molecule has 0 saturated carbocycles. The lowest BCUT2D eigenvalue weighted by molar-refractivity contribution is 0.0959. The molecule has 2 aromatic rings. The van der Waals surface area contributed by atoms with Crippen molar-refractivity contribution in [3.63, 3.8) is 0 Å². The smallest absolute Gasteiger partial charge is 0.266 e. The highest BCUT2D eigenvalue weighted by Crippen LogP contribution is 2.32. The highest BCUT2D eigenvalue weighted by molar-refractivity contribution is 7.14. The largest absolute Gasteiger partial charge is 0.281 e. The first-order chi connectivity index (χ1) is 11.6. The Bertz CT molecular complexity index is 781. The lowest BCUT2D eigenvalue weighted by Crippen LogP contribution is -2.19. The Morgan fingerprint density at radius 1 is 1.42 bits per heavy atom. The Hall–Kier alpha value is -1.65.